The van der Waals surface area contributed by atoms with Crippen molar-refractivity contribution in [2.24, 2.45) is 0 Å². The van der Waals surface area contributed by atoms with E-state index in [1.807, 2.05) is 0 Å². The molecule has 1 radical (unpaired) electrons. The van der Waals surface area contributed by atoms with Gasteiger partial charge in [0, 0.05) is 0 Å². The van der Waals surface area contributed by atoms with Crippen molar-refractivity contribution < 1.29 is 19.8 Å². The maximum atomic E-state index is 9.41. The molecule has 0 bridgehead atoms. The van der Waals surface area contributed by atoms with Crippen LogP contribution < -0.4 is 10.2 Å². The second-order valence-electron chi connectivity index (χ2n) is 3.35. The van der Waals surface area contributed by atoms with Gasteiger partial charge in [-0.3, -0.25) is 0 Å². The van der Waals surface area contributed by atoms with E-state index in [0.29, 0.717) is 12.2 Å². The molecule has 0 atom stereocenters. The normalized spacial score (nSPS) is 9.53. The Labute approximate surface area is 115 Å². The van der Waals surface area contributed by atoms with Crippen LogP contribution in [-0.2, 0) is 9.59 Å². The van der Waals surface area contributed by atoms with Crippen molar-refractivity contribution in [1.29, 1.82) is 0 Å². The van der Waals surface area contributed by atoms with Crippen molar-refractivity contribution in [2.45, 2.75) is 47.8 Å². The molecule has 0 N–H and O–H groups in total. The summed E-state index contributed by atoms with van der Waals surface area (Å²) in [6, 6.07) is 0. The van der Waals surface area contributed by atoms with Crippen molar-refractivity contribution in [3.63, 3.8) is 0 Å². The molecule has 17 heavy (non-hydrogen) atoms. The fourth-order valence-corrected chi connectivity index (χ4v) is 5.85. The topological polar surface area (TPSA) is 80.3 Å². The van der Waals surface area contributed by atoms with Gasteiger partial charge in [-0.05, 0) is 12.2 Å². The molecule has 0 aliphatic heterocycles. The van der Waals surface area contributed by atoms with Crippen molar-refractivity contribution >= 4 is 35.2 Å². The number of rotatable bonds is 8. The summed E-state index contributed by atoms with van der Waals surface area (Å²) in [6.07, 6.45) is 6.62. The molecule has 4 nitrogen and oxygen atoms in total. The van der Waals surface area contributed by atoms with Crippen molar-refractivity contribution in [1.82, 2.24) is 0 Å². The number of unbranched alkanes of at least 4 members (excludes halogenated alkanes) is 2. The minimum atomic E-state index is -1.55. The first-order valence-corrected chi connectivity index (χ1v) is 10.7. The Morgan fingerprint density at radius 2 is 1.29 bits per heavy atom. The molecule has 0 aliphatic rings. The van der Waals surface area contributed by atoms with Gasteiger partial charge in [0.15, 0.2) is 0 Å². The van der Waals surface area contributed by atoms with Gasteiger partial charge in [0.1, 0.15) is 0 Å². The van der Waals surface area contributed by atoms with Gasteiger partial charge >= 0.3 is 71.0 Å². The smallest absolute Gasteiger partial charge is 0.0643 e. The number of hydrogen-bond acceptors (Lipinski definition) is 4. The van der Waals surface area contributed by atoms with Gasteiger partial charge in [0.05, 0.1) is 11.9 Å². The summed E-state index contributed by atoms with van der Waals surface area (Å²) in [7, 11) is 0. The van der Waals surface area contributed by atoms with Crippen LogP contribution in [0.4, 0.5) is 0 Å². The van der Waals surface area contributed by atoms with E-state index < -0.39 is 11.9 Å². The first-order chi connectivity index (χ1) is 8.04. The van der Waals surface area contributed by atoms with Crippen molar-refractivity contribution in [2.75, 3.05) is 0 Å². The Balaban J connectivity index is 0. The van der Waals surface area contributed by atoms with E-state index in [-0.39, 0.29) is 23.2 Å². The molecule has 0 amide bonds. The molecule has 0 aromatic heterocycles. The Morgan fingerprint density at radius 1 is 0.941 bits per heavy atom. The monoisotopic (exact) mass is 437 g/mol. The second-order valence-corrected chi connectivity index (χ2v) is 8.56. The van der Waals surface area contributed by atoms with E-state index >= 15 is 0 Å². The third-order valence-corrected chi connectivity index (χ3v) is 6.61. The molecule has 0 saturated heterocycles. The molecule has 0 heterocycles. The van der Waals surface area contributed by atoms with Gasteiger partial charge in [-0.15, -0.1) is 0 Å². The van der Waals surface area contributed by atoms with Gasteiger partial charge in [-0.2, -0.15) is 0 Å². The summed E-state index contributed by atoms with van der Waals surface area (Å²) in [5.41, 5.74) is 0. The van der Waals surface area contributed by atoms with Crippen molar-refractivity contribution in [3.05, 3.63) is 12.2 Å². The van der Waals surface area contributed by atoms with Gasteiger partial charge in [-0.1, -0.05) is 0 Å². The average molecular weight is 437 g/mol. The van der Waals surface area contributed by atoms with Crippen molar-refractivity contribution in [3.8, 4) is 0 Å². The number of carbonyl (C=O) groups excluding carboxylic acids is 2. The quantitative estimate of drug-likeness (QED) is 0.308. The maximum Gasteiger partial charge on any atom is 0.0643 e. The molecule has 0 aromatic rings. The molecule has 0 aromatic carbocycles. The molecular weight excluding hydrogens is 417 g/mol. The zero-order chi connectivity index (χ0) is 13.5. The summed E-state index contributed by atoms with van der Waals surface area (Å²) in [6.45, 7) is 4.59. The number of carboxylic acids is 2. The van der Waals surface area contributed by atoms with Crippen LogP contribution in [0.15, 0.2) is 12.2 Å². The van der Waals surface area contributed by atoms with E-state index in [0.717, 1.165) is 0 Å². The van der Waals surface area contributed by atoms with Crippen LogP contribution in [0.1, 0.15) is 39.5 Å². The fraction of sp³-hybridized carbons (Fsp3) is 0.667. The molecule has 0 unspecified atom stereocenters. The van der Waals surface area contributed by atoms with E-state index in [4.69, 9.17) is 0 Å². The van der Waals surface area contributed by atoms with Crippen LogP contribution in [0, 0.1) is 0 Å². The molecule has 5 heteroatoms. The molecule has 0 fully saturated rings. The first kappa shape index (κ1) is 18.9. The van der Waals surface area contributed by atoms with Crippen LogP contribution in [0.25, 0.3) is 0 Å². The molecule has 0 spiro atoms. The summed E-state index contributed by atoms with van der Waals surface area (Å²) < 4.78 is 3.27. The van der Waals surface area contributed by atoms with Gasteiger partial charge in [-0.25, -0.2) is 0 Å². The number of carboxylic acid groups (broad SMARTS) is 2. The number of carbonyl (C=O) groups is 2. The first-order valence-electron chi connectivity index (χ1n) is 5.77. The van der Waals surface area contributed by atoms with Crippen LogP contribution in [0.2, 0.25) is 8.26 Å². The molecule has 0 aliphatic carbocycles. The standard InChI is InChI=1S/C4H4O4.2C4H9.Bi/c5-3(6)1-2-4(7)8;2*1-3-4-2;/h1-2H,(H,5,6)(H,7,8);2*1,3-4H2,2H3;/q;;;+2/p-2. The largest absolute Gasteiger partial charge is 0.545 e. The third-order valence-electron chi connectivity index (χ3n) is 1.70. The molecular formula is C12H20BiO4. The Bertz CT molecular complexity index is 205. The van der Waals surface area contributed by atoms with Gasteiger partial charge in [0.2, 0.25) is 0 Å². The molecule has 97 valence electrons. The van der Waals surface area contributed by atoms with Gasteiger partial charge in [0.25, 0.3) is 0 Å². The van der Waals surface area contributed by atoms with Crippen LogP contribution in [0.5, 0.6) is 0 Å². The SMILES string of the molecule is CCC[CH2][Bi+2][CH2]CCC.O=C([O-])C=CC(=O)[O-]. The maximum absolute atomic E-state index is 9.41. The summed E-state index contributed by atoms with van der Waals surface area (Å²) >= 11 is 0.0681. The van der Waals surface area contributed by atoms with E-state index in [9.17, 15) is 19.8 Å². The number of hydrogen-bond donors (Lipinski definition) is 0. The fourth-order valence-electron chi connectivity index (χ4n) is 0.788. The predicted octanol–water partition coefficient (Wildman–Crippen LogP) is 0.170. The minimum Gasteiger partial charge on any atom is -0.545 e. The summed E-state index contributed by atoms with van der Waals surface area (Å²) in [5, 5.41) is 18.8. The summed E-state index contributed by atoms with van der Waals surface area (Å²) in [4.78, 5) is 18.8. The van der Waals surface area contributed by atoms with E-state index in [1.54, 1.807) is 8.26 Å². The summed E-state index contributed by atoms with van der Waals surface area (Å²) in [5.74, 6) is -3.09. The van der Waals surface area contributed by atoms with E-state index in [2.05, 4.69) is 13.8 Å². The Hall–Kier alpha value is -0.437. The zero-order valence-corrected chi connectivity index (χ0v) is 14.0. The van der Waals surface area contributed by atoms with E-state index in [1.165, 1.54) is 25.7 Å². The second kappa shape index (κ2) is 15.6. The zero-order valence-electron chi connectivity index (χ0n) is 10.5. The molecule has 0 rings (SSSR count). The average Bonchev–Trinajstić information content (AvgIpc) is 2.27. The van der Waals surface area contributed by atoms with Gasteiger partial charge < -0.3 is 19.8 Å². The molecule has 0 saturated carbocycles. The van der Waals surface area contributed by atoms with Crippen LogP contribution in [-0.4, -0.2) is 35.2 Å². The number of aliphatic carboxylic acids is 2. The Kier molecular flexibility index (Phi) is 17.3. The minimum absolute atomic E-state index is 0.0681. The third kappa shape index (κ3) is 25.7. The van der Waals surface area contributed by atoms with Crippen LogP contribution >= 0.6 is 0 Å². The van der Waals surface area contributed by atoms with Crippen LogP contribution in [0.3, 0.4) is 0 Å². The Morgan fingerprint density at radius 3 is 1.53 bits per heavy atom. The predicted molar refractivity (Wildman–Crippen MR) is 64.3 cm³/mol.